The molecule has 20 heavy (non-hydrogen) atoms. The maximum Gasteiger partial charge on any atom is 0.240 e. The highest BCUT2D eigenvalue weighted by Gasteiger charge is 2.53. The number of nitrogens with zero attached hydrogens (tertiary/aromatic N) is 1. The molecule has 1 aliphatic heterocycles. The smallest absolute Gasteiger partial charge is 0.240 e. The van der Waals surface area contributed by atoms with Crippen molar-refractivity contribution < 1.29 is 14.0 Å². The van der Waals surface area contributed by atoms with Crippen LogP contribution in [0.1, 0.15) is 37.7 Å². The van der Waals surface area contributed by atoms with Crippen molar-refractivity contribution >= 4 is 17.5 Å². The Bertz CT molecular complexity index is 579. The van der Waals surface area contributed by atoms with Crippen molar-refractivity contribution in [1.29, 1.82) is 0 Å². The lowest BCUT2D eigenvalue weighted by atomic mass is 9.84. The Morgan fingerprint density at radius 2 is 1.95 bits per heavy atom. The van der Waals surface area contributed by atoms with Gasteiger partial charge in [0.25, 0.3) is 0 Å². The van der Waals surface area contributed by atoms with Crippen LogP contribution in [-0.2, 0) is 16.1 Å². The molecule has 1 aromatic carbocycles. The van der Waals surface area contributed by atoms with E-state index in [1.54, 1.807) is 0 Å². The molecule has 5 heteroatoms. The maximum absolute atomic E-state index is 13.3. The summed E-state index contributed by atoms with van der Waals surface area (Å²) in [6.45, 7) is 0.0944. The van der Waals surface area contributed by atoms with Gasteiger partial charge in [0.1, 0.15) is 5.82 Å². The lowest BCUT2D eigenvalue weighted by Crippen LogP contribution is -2.35. The number of hydrogen-bond donors (Lipinski definition) is 1. The fourth-order valence-electron chi connectivity index (χ4n) is 3.42. The van der Waals surface area contributed by atoms with E-state index in [1.165, 1.54) is 23.1 Å². The first-order chi connectivity index (χ1) is 9.57. The lowest BCUT2D eigenvalue weighted by Gasteiger charge is -2.22. The third kappa shape index (κ3) is 1.85. The molecular weight excluding hydrogens is 259 g/mol. The molecule has 1 saturated heterocycles. The van der Waals surface area contributed by atoms with Gasteiger partial charge in [-0.05, 0) is 36.6 Å². The van der Waals surface area contributed by atoms with Gasteiger partial charge in [-0.3, -0.25) is 9.59 Å². The Hall–Kier alpha value is -1.75. The summed E-state index contributed by atoms with van der Waals surface area (Å²) in [6.07, 6.45) is 3.79. The number of nitrogens with two attached hydrogens (primary N) is 1. The van der Waals surface area contributed by atoms with E-state index in [0.29, 0.717) is 11.3 Å². The van der Waals surface area contributed by atoms with Crippen LogP contribution in [-0.4, -0.2) is 11.8 Å². The number of carbonyl (C=O) groups is 2. The molecule has 0 bridgehead atoms. The summed E-state index contributed by atoms with van der Waals surface area (Å²) in [6, 6.07) is 4.02. The van der Waals surface area contributed by atoms with Crippen LogP contribution in [0.4, 0.5) is 10.1 Å². The van der Waals surface area contributed by atoms with Crippen LogP contribution in [0.15, 0.2) is 18.2 Å². The fourth-order valence-corrected chi connectivity index (χ4v) is 3.42. The quantitative estimate of drug-likeness (QED) is 0.841. The Morgan fingerprint density at radius 3 is 2.60 bits per heavy atom. The van der Waals surface area contributed by atoms with E-state index < -0.39 is 11.2 Å². The molecule has 1 spiro atoms. The number of rotatable bonds is 2. The first-order valence-electron chi connectivity index (χ1n) is 6.93. The molecule has 4 nitrogen and oxygen atoms in total. The zero-order valence-electron chi connectivity index (χ0n) is 11.2. The fraction of sp³-hybridized carbons (Fsp3) is 0.467. The van der Waals surface area contributed by atoms with Crippen LogP contribution >= 0.6 is 0 Å². The van der Waals surface area contributed by atoms with E-state index in [0.717, 1.165) is 25.7 Å². The van der Waals surface area contributed by atoms with Crippen molar-refractivity contribution in [3.63, 3.8) is 0 Å². The van der Waals surface area contributed by atoms with Crippen molar-refractivity contribution in [2.45, 2.75) is 38.6 Å². The summed E-state index contributed by atoms with van der Waals surface area (Å²) in [7, 11) is 0. The second kappa shape index (κ2) is 4.66. The van der Waals surface area contributed by atoms with Gasteiger partial charge < -0.3 is 5.73 Å². The van der Waals surface area contributed by atoms with E-state index in [1.807, 2.05) is 0 Å². The number of carbonyl (C=O) groups excluding carboxylic acids is 2. The Morgan fingerprint density at radius 1 is 1.25 bits per heavy atom. The highest BCUT2D eigenvalue weighted by molar-refractivity contribution is 6.23. The van der Waals surface area contributed by atoms with Crippen LogP contribution in [0.2, 0.25) is 0 Å². The molecule has 1 aromatic rings. The molecule has 1 aliphatic carbocycles. The van der Waals surface area contributed by atoms with E-state index >= 15 is 0 Å². The third-order valence-electron chi connectivity index (χ3n) is 4.46. The summed E-state index contributed by atoms with van der Waals surface area (Å²) in [5, 5.41) is 0. The third-order valence-corrected chi connectivity index (χ3v) is 4.46. The summed E-state index contributed by atoms with van der Waals surface area (Å²) in [4.78, 5) is 26.1. The van der Waals surface area contributed by atoms with Crippen LogP contribution in [0, 0.1) is 11.2 Å². The maximum atomic E-state index is 13.3. The van der Waals surface area contributed by atoms with Crippen LogP contribution in [0.5, 0.6) is 0 Å². The van der Waals surface area contributed by atoms with Gasteiger partial charge >= 0.3 is 0 Å². The Balaban J connectivity index is 2.02. The summed E-state index contributed by atoms with van der Waals surface area (Å²) in [5.41, 5.74) is 6.02. The van der Waals surface area contributed by atoms with E-state index in [4.69, 9.17) is 5.73 Å². The number of halogens is 1. The first-order valence-corrected chi connectivity index (χ1v) is 6.93. The molecule has 106 valence electrons. The molecule has 2 amide bonds. The highest BCUT2D eigenvalue weighted by Crippen LogP contribution is 2.48. The summed E-state index contributed by atoms with van der Waals surface area (Å²) >= 11 is 0. The minimum atomic E-state index is -0.517. The van der Waals surface area contributed by atoms with Gasteiger partial charge in [0.2, 0.25) is 11.8 Å². The van der Waals surface area contributed by atoms with Crippen LogP contribution in [0.3, 0.4) is 0 Å². The standard InChI is InChI=1S/C15H17FN2O2/c16-11-3-4-12(10(7-11)9-17)18-13(19)8-15(14(18)20)5-1-2-6-15/h3-4,7H,1-2,5-6,8-9,17H2. The summed E-state index contributed by atoms with van der Waals surface area (Å²) < 4.78 is 13.3. The van der Waals surface area contributed by atoms with E-state index in [2.05, 4.69) is 0 Å². The van der Waals surface area contributed by atoms with Gasteiger partial charge in [-0.15, -0.1) is 0 Å². The molecular formula is C15H17FN2O2. The number of amides is 2. The van der Waals surface area contributed by atoms with Gasteiger partial charge in [-0.2, -0.15) is 0 Å². The van der Waals surface area contributed by atoms with Crippen molar-refractivity contribution in [2.24, 2.45) is 11.1 Å². The van der Waals surface area contributed by atoms with Crippen LogP contribution < -0.4 is 10.6 Å². The molecule has 0 atom stereocenters. The summed E-state index contributed by atoms with van der Waals surface area (Å²) in [5.74, 6) is -0.747. The number of imide groups is 1. The van der Waals surface area contributed by atoms with Gasteiger partial charge in [-0.25, -0.2) is 9.29 Å². The van der Waals surface area contributed by atoms with Gasteiger partial charge in [-0.1, -0.05) is 12.8 Å². The minimum Gasteiger partial charge on any atom is -0.326 e. The van der Waals surface area contributed by atoms with Crippen molar-refractivity contribution in [2.75, 3.05) is 4.90 Å². The first kappa shape index (κ1) is 13.2. The molecule has 2 N–H and O–H groups in total. The molecule has 0 unspecified atom stereocenters. The zero-order chi connectivity index (χ0) is 14.3. The van der Waals surface area contributed by atoms with E-state index in [9.17, 15) is 14.0 Å². The number of hydrogen-bond acceptors (Lipinski definition) is 3. The minimum absolute atomic E-state index is 0.0944. The second-order valence-electron chi connectivity index (χ2n) is 5.68. The monoisotopic (exact) mass is 276 g/mol. The van der Waals surface area contributed by atoms with Crippen molar-refractivity contribution in [3.8, 4) is 0 Å². The van der Waals surface area contributed by atoms with Crippen molar-refractivity contribution in [1.82, 2.24) is 0 Å². The molecule has 0 radical (unpaired) electrons. The molecule has 1 saturated carbocycles. The Labute approximate surface area is 116 Å². The van der Waals surface area contributed by atoms with Gasteiger partial charge in [0, 0.05) is 13.0 Å². The van der Waals surface area contributed by atoms with Gasteiger partial charge in [0.05, 0.1) is 11.1 Å². The second-order valence-corrected chi connectivity index (χ2v) is 5.68. The predicted molar refractivity (Wildman–Crippen MR) is 72.3 cm³/mol. The highest BCUT2D eigenvalue weighted by atomic mass is 19.1. The largest absolute Gasteiger partial charge is 0.326 e. The molecule has 2 fully saturated rings. The topological polar surface area (TPSA) is 63.4 Å². The number of benzene rings is 1. The molecule has 3 rings (SSSR count). The molecule has 1 heterocycles. The van der Waals surface area contributed by atoms with Gasteiger partial charge in [0.15, 0.2) is 0 Å². The molecule has 2 aliphatic rings. The van der Waals surface area contributed by atoms with Crippen molar-refractivity contribution in [3.05, 3.63) is 29.6 Å². The normalized spacial score (nSPS) is 21.2. The zero-order valence-corrected chi connectivity index (χ0v) is 11.2. The number of anilines is 1. The average molecular weight is 276 g/mol. The SMILES string of the molecule is NCc1cc(F)ccc1N1C(=O)CC2(CCCC2)C1=O. The predicted octanol–water partition coefficient (Wildman–Crippen LogP) is 2.11. The lowest BCUT2D eigenvalue weighted by molar-refractivity contribution is -0.125. The average Bonchev–Trinajstić information content (AvgIpc) is 2.98. The molecule has 0 aromatic heterocycles. The Kier molecular flexibility index (Phi) is 3.09. The van der Waals surface area contributed by atoms with E-state index in [-0.39, 0.29) is 24.8 Å². The van der Waals surface area contributed by atoms with Crippen LogP contribution in [0.25, 0.3) is 0 Å².